The minimum absolute atomic E-state index is 0.0582. The van der Waals surface area contributed by atoms with Gasteiger partial charge in [0.15, 0.2) is 11.0 Å². The van der Waals surface area contributed by atoms with Gasteiger partial charge in [-0.15, -0.1) is 0 Å². The van der Waals surface area contributed by atoms with Crippen LogP contribution in [0.4, 0.5) is 14.5 Å². The van der Waals surface area contributed by atoms with Crippen LogP contribution in [0.3, 0.4) is 0 Å². The zero-order valence-corrected chi connectivity index (χ0v) is 19.3. The van der Waals surface area contributed by atoms with Crippen LogP contribution in [0.1, 0.15) is 40.6 Å². The highest BCUT2D eigenvalue weighted by Crippen LogP contribution is 2.52. The van der Waals surface area contributed by atoms with Crippen LogP contribution in [0.25, 0.3) is 11.0 Å². The number of carbonyl (C=O) groups is 2. The minimum atomic E-state index is -1.80. The molecule has 1 unspecified atom stereocenters. The van der Waals surface area contributed by atoms with Crippen LogP contribution in [0, 0.1) is 11.6 Å². The number of anilines is 1. The average molecular weight is 486 g/mol. The van der Waals surface area contributed by atoms with E-state index in [0.717, 1.165) is 12.1 Å². The van der Waals surface area contributed by atoms with Gasteiger partial charge < -0.3 is 14.2 Å². The summed E-state index contributed by atoms with van der Waals surface area (Å²) in [5.41, 5.74) is -1.34. The topological polar surface area (TPSA) is 70.8 Å². The molecule has 3 aromatic carbocycles. The molecule has 2 aliphatic heterocycles. The molecule has 6 nitrogen and oxygen atoms in total. The zero-order chi connectivity index (χ0) is 25.2. The van der Waals surface area contributed by atoms with Gasteiger partial charge in [-0.3, -0.25) is 14.4 Å². The fourth-order valence-corrected chi connectivity index (χ4v) is 5.44. The number of halogens is 2. The first-order valence-electron chi connectivity index (χ1n) is 11.6. The van der Waals surface area contributed by atoms with Crippen molar-refractivity contribution < 1.29 is 22.8 Å². The van der Waals surface area contributed by atoms with Crippen LogP contribution in [-0.4, -0.2) is 23.3 Å². The molecule has 0 fully saturated rings. The number of rotatable bonds is 4. The summed E-state index contributed by atoms with van der Waals surface area (Å²) in [7, 11) is 0. The van der Waals surface area contributed by atoms with E-state index in [1.54, 1.807) is 42.5 Å². The molecule has 180 valence electrons. The van der Waals surface area contributed by atoms with E-state index in [2.05, 4.69) is 0 Å². The van der Waals surface area contributed by atoms with E-state index >= 15 is 0 Å². The molecule has 1 atom stereocenters. The first-order chi connectivity index (χ1) is 17.4. The molecule has 4 aromatic rings. The van der Waals surface area contributed by atoms with Crippen molar-refractivity contribution >= 4 is 28.5 Å². The third-order valence-corrected chi connectivity index (χ3v) is 6.93. The largest absolute Gasteiger partial charge is 0.450 e. The Morgan fingerprint density at radius 1 is 0.944 bits per heavy atom. The molecular formula is C28H20F2N2O4. The Bertz CT molecular complexity index is 1650. The molecule has 0 saturated carbocycles. The van der Waals surface area contributed by atoms with Gasteiger partial charge in [0, 0.05) is 17.7 Å². The lowest BCUT2D eigenvalue weighted by molar-refractivity contribution is -0.126. The fraction of sp³-hybridized carbons (Fsp3) is 0.179. The van der Waals surface area contributed by atoms with E-state index in [-0.39, 0.29) is 40.9 Å². The molecule has 2 aliphatic rings. The predicted molar refractivity (Wildman–Crippen MR) is 129 cm³/mol. The van der Waals surface area contributed by atoms with E-state index in [9.17, 15) is 23.2 Å². The maximum atomic E-state index is 14.6. The first-order valence-corrected chi connectivity index (χ1v) is 11.6. The Morgan fingerprint density at radius 2 is 1.69 bits per heavy atom. The number of hydrogen-bond donors (Lipinski definition) is 0. The standard InChI is InChI=1S/C28H20F2N2O4/c1-2-13-32-26(34)25-23(24(33)18-14-17(29)11-12-22(18)36-25)28(32)19-8-4-6-10-21(19)31(27(28)35)15-16-7-3-5-9-20(16)30/h3-12,14H,2,13,15H2,1H3. The third-order valence-electron chi connectivity index (χ3n) is 6.93. The highest BCUT2D eigenvalue weighted by atomic mass is 19.1. The summed E-state index contributed by atoms with van der Waals surface area (Å²) in [6.07, 6.45) is 0.507. The Balaban J connectivity index is 1.67. The second-order valence-electron chi connectivity index (χ2n) is 8.94. The van der Waals surface area contributed by atoms with Crippen molar-refractivity contribution in [3.05, 3.63) is 111 Å². The molecule has 1 spiro atoms. The van der Waals surface area contributed by atoms with Gasteiger partial charge in [0.1, 0.15) is 17.2 Å². The molecule has 0 bridgehead atoms. The van der Waals surface area contributed by atoms with Crippen LogP contribution >= 0.6 is 0 Å². The van der Waals surface area contributed by atoms with Crippen molar-refractivity contribution in [3.63, 3.8) is 0 Å². The monoisotopic (exact) mass is 486 g/mol. The van der Waals surface area contributed by atoms with Gasteiger partial charge in [-0.05, 0) is 36.8 Å². The second kappa shape index (κ2) is 7.84. The lowest BCUT2D eigenvalue weighted by Gasteiger charge is -2.34. The number of para-hydroxylation sites is 1. The van der Waals surface area contributed by atoms with Crippen molar-refractivity contribution in [1.29, 1.82) is 0 Å². The summed E-state index contributed by atoms with van der Waals surface area (Å²) in [4.78, 5) is 44.7. The molecule has 2 amide bonds. The van der Waals surface area contributed by atoms with E-state index in [1.165, 1.54) is 21.9 Å². The van der Waals surface area contributed by atoms with Crippen LogP contribution in [0.5, 0.6) is 0 Å². The zero-order valence-electron chi connectivity index (χ0n) is 19.3. The molecule has 0 radical (unpaired) electrons. The molecule has 0 saturated heterocycles. The number of hydrogen-bond acceptors (Lipinski definition) is 4. The summed E-state index contributed by atoms with van der Waals surface area (Å²) >= 11 is 0. The molecule has 6 rings (SSSR count). The summed E-state index contributed by atoms with van der Waals surface area (Å²) in [6.45, 7) is 1.93. The summed E-state index contributed by atoms with van der Waals surface area (Å²) in [5, 5.41) is -0.0582. The lowest BCUT2D eigenvalue weighted by atomic mass is 9.84. The minimum Gasteiger partial charge on any atom is -0.450 e. The molecule has 3 heterocycles. The van der Waals surface area contributed by atoms with Crippen molar-refractivity contribution in [1.82, 2.24) is 4.90 Å². The Labute approximate surface area is 204 Å². The second-order valence-corrected chi connectivity index (χ2v) is 8.94. The number of benzene rings is 3. The quantitative estimate of drug-likeness (QED) is 0.418. The van der Waals surface area contributed by atoms with Gasteiger partial charge in [-0.25, -0.2) is 8.78 Å². The van der Waals surface area contributed by atoms with E-state index in [0.29, 0.717) is 17.7 Å². The first kappa shape index (κ1) is 22.2. The molecular weight excluding hydrogens is 466 g/mol. The van der Waals surface area contributed by atoms with Crippen molar-refractivity contribution in [2.75, 3.05) is 11.4 Å². The van der Waals surface area contributed by atoms with E-state index in [1.807, 2.05) is 6.92 Å². The summed E-state index contributed by atoms with van der Waals surface area (Å²) < 4.78 is 34.6. The van der Waals surface area contributed by atoms with Crippen molar-refractivity contribution in [2.45, 2.75) is 25.4 Å². The van der Waals surface area contributed by atoms with Crippen LogP contribution < -0.4 is 10.3 Å². The Hall–Kier alpha value is -4.33. The predicted octanol–water partition coefficient (Wildman–Crippen LogP) is 4.73. The summed E-state index contributed by atoms with van der Waals surface area (Å²) in [5.74, 6) is -2.50. The van der Waals surface area contributed by atoms with Gasteiger partial charge in [0.25, 0.3) is 11.8 Å². The normalized spacial score (nSPS) is 18.4. The average Bonchev–Trinajstić information content (AvgIpc) is 3.26. The van der Waals surface area contributed by atoms with Crippen LogP contribution in [0.2, 0.25) is 0 Å². The van der Waals surface area contributed by atoms with Crippen molar-refractivity contribution in [2.24, 2.45) is 0 Å². The number of carbonyl (C=O) groups excluding carboxylic acids is 2. The Kier molecular flexibility index (Phi) is 4.83. The van der Waals surface area contributed by atoms with Gasteiger partial charge in [-0.1, -0.05) is 43.3 Å². The maximum absolute atomic E-state index is 14.6. The number of fused-ring (bicyclic) bond motifs is 5. The third kappa shape index (κ3) is 2.78. The summed E-state index contributed by atoms with van der Waals surface area (Å²) in [6, 6.07) is 16.5. The van der Waals surface area contributed by atoms with Gasteiger partial charge in [-0.2, -0.15) is 0 Å². The van der Waals surface area contributed by atoms with Crippen molar-refractivity contribution in [3.8, 4) is 0 Å². The highest BCUT2D eigenvalue weighted by molar-refractivity contribution is 6.17. The lowest BCUT2D eigenvalue weighted by Crippen LogP contribution is -2.53. The SMILES string of the molecule is CCCN1C(=O)c2oc3ccc(F)cc3c(=O)c2C12C(=O)N(Cc1ccccc1F)c1ccccc12. The van der Waals surface area contributed by atoms with Gasteiger partial charge in [0.05, 0.1) is 23.2 Å². The van der Waals surface area contributed by atoms with Gasteiger partial charge >= 0.3 is 0 Å². The molecule has 8 heteroatoms. The molecule has 0 N–H and O–H groups in total. The highest BCUT2D eigenvalue weighted by Gasteiger charge is 2.64. The van der Waals surface area contributed by atoms with Crippen LogP contribution in [-0.2, 0) is 16.9 Å². The van der Waals surface area contributed by atoms with E-state index in [4.69, 9.17) is 4.42 Å². The molecule has 36 heavy (non-hydrogen) atoms. The van der Waals surface area contributed by atoms with Crippen LogP contribution in [0.15, 0.2) is 75.9 Å². The Morgan fingerprint density at radius 3 is 2.47 bits per heavy atom. The molecule has 0 aliphatic carbocycles. The number of nitrogens with zero attached hydrogens (tertiary/aromatic N) is 2. The smallest absolute Gasteiger partial charge is 0.291 e. The van der Waals surface area contributed by atoms with E-state index < -0.39 is 34.4 Å². The van der Waals surface area contributed by atoms with Gasteiger partial charge in [0.2, 0.25) is 5.76 Å². The number of amides is 2. The fourth-order valence-electron chi connectivity index (χ4n) is 5.44. The molecule has 1 aromatic heterocycles. The maximum Gasteiger partial charge on any atom is 0.291 e.